The van der Waals surface area contributed by atoms with Crippen molar-refractivity contribution in [3.63, 3.8) is 0 Å². The molecule has 2 fully saturated rings. The number of nitrogens with zero attached hydrogens (tertiary/aromatic N) is 1. The summed E-state index contributed by atoms with van der Waals surface area (Å²) in [6.07, 6.45) is 11.1. The first kappa shape index (κ1) is 11.7. The highest BCUT2D eigenvalue weighted by atomic mass is 16.7. The van der Waals surface area contributed by atoms with Crippen molar-refractivity contribution in [2.75, 3.05) is 26.2 Å². The Labute approximate surface area is 104 Å². The van der Waals surface area contributed by atoms with Gasteiger partial charge in [-0.1, -0.05) is 12.2 Å². The maximum absolute atomic E-state index is 6.07. The number of allylic oxidation sites excluding steroid dienone is 2. The van der Waals surface area contributed by atoms with Crippen LogP contribution in [-0.2, 0) is 9.47 Å². The summed E-state index contributed by atoms with van der Waals surface area (Å²) in [6.45, 7) is 4.35. The van der Waals surface area contributed by atoms with Gasteiger partial charge in [-0.2, -0.15) is 0 Å². The lowest BCUT2D eigenvalue weighted by Crippen LogP contribution is -2.32. The molecule has 2 saturated heterocycles. The van der Waals surface area contributed by atoms with E-state index in [0.717, 1.165) is 19.6 Å². The Kier molecular flexibility index (Phi) is 3.79. The highest BCUT2D eigenvalue weighted by molar-refractivity contribution is 4.92. The molecule has 0 bridgehead atoms. The van der Waals surface area contributed by atoms with E-state index in [1.54, 1.807) is 0 Å². The first-order valence-electron chi connectivity index (χ1n) is 7.06. The molecule has 3 aliphatic rings. The van der Waals surface area contributed by atoms with E-state index in [1.807, 2.05) is 0 Å². The third-order valence-electron chi connectivity index (χ3n) is 4.13. The van der Waals surface area contributed by atoms with Gasteiger partial charge in [0.2, 0.25) is 0 Å². The molecule has 0 amide bonds. The zero-order valence-corrected chi connectivity index (χ0v) is 10.5. The molecule has 2 aliphatic heterocycles. The lowest BCUT2D eigenvalue weighted by atomic mass is 9.94. The summed E-state index contributed by atoms with van der Waals surface area (Å²) >= 11 is 0. The largest absolute Gasteiger partial charge is 0.350 e. The van der Waals surface area contributed by atoms with Gasteiger partial charge in [0.05, 0.1) is 12.7 Å². The molecule has 0 spiro atoms. The summed E-state index contributed by atoms with van der Waals surface area (Å²) in [5.74, 6) is 0.587. The maximum Gasteiger partial charge on any atom is 0.161 e. The predicted octanol–water partition coefficient (Wildman–Crippen LogP) is 2.18. The van der Waals surface area contributed by atoms with Gasteiger partial charge in [0, 0.05) is 12.5 Å². The molecular formula is C14H23NO2. The van der Waals surface area contributed by atoms with Crippen molar-refractivity contribution in [1.29, 1.82) is 0 Å². The third kappa shape index (κ3) is 2.90. The summed E-state index contributed by atoms with van der Waals surface area (Å²) in [5.41, 5.74) is 0. The van der Waals surface area contributed by atoms with Crippen LogP contribution in [0.2, 0.25) is 0 Å². The Morgan fingerprint density at radius 3 is 2.82 bits per heavy atom. The second-order valence-corrected chi connectivity index (χ2v) is 5.51. The lowest BCUT2D eigenvalue weighted by molar-refractivity contribution is -0.100. The van der Waals surface area contributed by atoms with Crippen LogP contribution in [0, 0.1) is 5.92 Å². The minimum Gasteiger partial charge on any atom is -0.350 e. The van der Waals surface area contributed by atoms with Crippen LogP contribution in [-0.4, -0.2) is 43.5 Å². The topological polar surface area (TPSA) is 21.7 Å². The van der Waals surface area contributed by atoms with Crippen LogP contribution in [0.15, 0.2) is 12.2 Å². The van der Waals surface area contributed by atoms with E-state index in [-0.39, 0.29) is 6.29 Å². The van der Waals surface area contributed by atoms with Gasteiger partial charge in [-0.05, 0) is 45.2 Å². The number of likely N-dealkylation sites (tertiary alicyclic amines) is 1. The van der Waals surface area contributed by atoms with E-state index in [0.29, 0.717) is 12.0 Å². The van der Waals surface area contributed by atoms with E-state index in [9.17, 15) is 0 Å². The zero-order chi connectivity index (χ0) is 11.5. The van der Waals surface area contributed by atoms with Crippen molar-refractivity contribution < 1.29 is 9.47 Å². The van der Waals surface area contributed by atoms with Gasteiger partial charge in [0.15, 0.2) is 6.29 Å². The molecule has 3 heteroatoms. The molecule has 1 aliphatic carbocycles. The molecule has 0 aromatic heterocycles. The van der Waals surface area contributed by atoms with Gasteiger partial charge >= 0.3 is 0 Å². The van der Waals surface area contributed by atoms with Crippen LogP contribution < -0.4 is 0 Å². The van der Waals surface area contributed by atoms with E-state index in [1.165, 1.54) is 38.8 Å². The fraction of sp³-hybridized carbons (Fsp3) is 0.857. The maximum atomic E-state index is 6.07. The minimum absolute atomic E-state index is 0.0625. The average molecular weight is 237 g/mol. The van der Waals surface area contributed by atoms with Gasteiger partial charge in [-0.15, -0.1) is 0 Å². The number of hydrogen-bond donors (Lipinski definition) is 0. The van der Waals surface area contributed by atoms with Crippen LogP contribution in [0.25, 0.3) is 0 Å². The number of hydrogen-bond acceptors (Lipinski definition) is 3. The standard InChI is InChI=1S/C14H23NO2/c1-2-6-12(7-3-1)14-16-11-13(17-14)10-15-8-4-5-9-15/h1-2,12-14H,3-11H2/t12-,13+,14-/m1/s1. The van der Waals surface area contributed by atoms with Crippen molar-refractivity contribution in [1.82, 2.24) is 4.90 Å². The van der Waals surface area contributed by atoms with Crippen LogP contribution in [0.4, 0.5) is 0 Å². The summed E-state index contributed by atoms with van der Waals surface area (Å²) < 4.78 is 11.9. The molecular weight excluding hydrogens is 214 g/mol. The summed E-state index contributed by atoms with van der Waals surface area (Å²) in [7, 11) is 0. The zero-order valence-electron chi connectivity index (χ0n) is 10.5. The van der Waals surface area contributed by atoms with Crippen LogP contribution in [0.5, 0.6) is 0 Å². The first-order chi connectivity index (χ1) is 8.42. The highest BCUT2D eigenvalue weighted by Gasteiger charge is 2.33. The molecule has 0 unspecified atom stereocenters. The van der Waals surface area contributed by atoms with E-state index < -0.39 is 0 Å². The third-order valence-corrected chi connectivity index (χ3v) is 4.13. The van der Waals surface area contributed by atoms with Gasteiger partial charge in [0.1, 0.15) is 0 Å². The van der Waals surface area contributed by atoms with Gasteiger partial charge < -0.3 is 14.4 Å². The van der Waals surface area contributed by atoms with Gasteiger partial charge in [-0.25, -0.2) is 0 Å². The molecule has 0 N–H and O–H groups in total. The molecule has 0 radical (unpaired) electrons. The van der Waals surface area contributed by atoms with E-state index >= 15 is 0 Å². The van der Waals surface area contributed by atoms with Crippen molar-refractivity contribution >= 4 is 0 Å². The van der Waals surface area contributed by atoms with Crippen molar-refractivity contribution in [3.05, 3.63) is 12.2 Å². The summed E-state index contributed by atoms with van der Waals surface area (Å²) in [6, 6.07) is 0. The van der Waals surface area contributed by atoms with Crippen LogP contribution in [0.3, 0.4) is 0 Å². The predicted molar refractivity (Wildman–Crippen MR) is 66.8 cm³/mol. The Hall–Kier alpha value is -0.380. The molecule has 0 aromatic rings. The van der Waals surface area contributed by atoms with Crippen LogP contribution in [0.1, 0.15) is 32.1 Å². The van der Waals surface area contributed by atoms with Crippen molar-refractivity contribution in [2.24, 2.45) is 5.92 Å². The first-order valence-corrected chi connectivity index (χ1v) is 7.06. The molecule has 96 valence electrons. The smallest absolute Gasteiger partial charge is 0.161 e. The van der Waals surface area contributed by atoms with E-state index in [4.69, 9.17) is 9.47 Å². The Bertz CT molecular complexity index is 273. The lowest BCUT2D eigenvalue weighted by Gasteiger charge is -2.24. The van der Waals surface area contributed by atoms with Crippen molar-refractivity contribution in [3.8, 4) is 0 Å². The molecule has 3 nitrogen and oxygen atoms in total. The monoisotopic (exact) mass is 237 g/mol. The normalized spacial score (nSPS) is 38.9. The number of ether oxygens (including phenoxy) is 2. The summed E-state index contributed by atoms with van der Waals surface area (Å²) in [5, 5.41) is 0. The second kappa shape index (κ2) is 5.51. The summed E-state index contributed by atoms with van der Waals surface area (Å²) in [4.78, 5) is 2.51. The fourth-order valence-corrected chi connectivity index (χ4v) is 3.13. The Morgan fingerprint density at radius 1 is 1.18 bits per heavy atom. The van der Waals surface area contributed by atoms with Crippen LogP contribution >= 0.6 is 0 Å². The second-order valence-electron chi connectivity index (χ2n) is 5.51. The Morgan fingerprint density at radius 2 is 2.06 bits per heavy atom. The van der Waals surface area contributed by atoms with Crippen molar-refractivity contribution in [2.45, 2.75) is 44.5 Å². The molecule has 0 saturated carbocycles. The van der Waals surface area contributed by atoms with E-state index in [2.05, 4.69) is 17.1 Å². The minimum atomic E-state index is 0.0625. The Balaban J connectivity index is 1.46. The number of rotatable bonds is 3. The molecule has 3 atom stereocenters. The molecule has 0 aromatic carbocycles. The molecule has 17 heavy (non-hydrogen) atoms. The molecule has 3 rings (SSSR count). The fourth-order valence-electron chi connectivity index (χ4n) is 3.13. The average Bonchev–Trinajstić information content (AvgIpc) is 3.02. The SMILES string of the molecule is C1=CC[C@@H]([C@@H]2OC[C@H](CN3CCCC3)O2)CC1. The quantitative estimate of drug-likeness (QED) is 0.702. The molecule has 2 heterocycles. The van der Waals surface area contributed by atoms with Gasteiger partial charge in [0.25, 0.3) is 0 Å². The van der Waals surface area contributed by atoms with Gasteiger partial charge in [-0.3, -0.25) is 0 Å². The highest BCUT2D eigenvalue weighted by Crippen LogP contribution is 2.29.